The van der Waals surface area contributed by atoms with Gasteiger partial charge in [-0.2, -0.15) is 0 Å². The van der Waals surface area contributed by atoms with E-state index in [1.54, 1.807) is 13.8 Å². The summed E-state index contributed by atoms with van der Waals surface area (Å²) in [6, 6.07) is 8.05. The van der Waals surface area contributed by atoms with Crippen molar-refractivity contribution < 1.29 is 14.6 Å². The molecule has 1 heterocycles. The first kappa shape index (κ1) is 18.9. The molecule has 1 N–H and O–H groups in total. The van der Waals surface area contributed by atoms with Crippen molar-refractivity contribution in [3.05, 3.63) is 35.4 Å². The molecule has 4 nitrogen and oxygen atoms in total. The number of hydrogen-bond acceptors (Lipinski definition) is 3. The third-order valence-corrected chi connectivity index (χ3v) is 4.86. The summed E-state index contributed by atoms with van der Waals surface area (Å²) in [5.74, 6) is -0.236. The molecule has 1 saturated heterocycles. The van der Waals surface area contributed by atoms with Crippen LogP contribution in [0.2, 0.25) is 0 Å². The maximum Gasteiger partial charge on any atom is 0.313 e. The Morgan fingerprint density at radius 2 is 1.79 bits per heavy atom. The lowest BCUT2D eigenvalue weighted by Crippen LogP contribution is -2.47. The van der Waals surface area contributed by atoms with Crippen LogP contribution in [-0.4, -0.2) is 47.8 Å². The molecule has 1 aromatic rings. The lowest BCUT2D eigenvalue weighted by molar-refractivity contribution is -0.142. The van der Waals surface area contributed by atoms with Gasteiger partial charge in [-0.15, -0.1) is 0 Å². The van der Waals surface area contributed by atoms with Crippen LogP contribution < -0.4 is 0 Å². The standard InChI is InChI=1S/C20H31NO3/c1-14(11-21-12-15(2)24-16(3)13-21)10-17-6-8-18(9-7-17)20(4,5)19(22)23/h6-9,14-16H,10-13H2,1-5H3,(H,22,23)/t14-,15-,16+/m1/s1. The highest BCUT2D eigenvalue weighted by molar-refractivity contribution is 5.80. The van der Waals surface area contributed by atoms with Gasteiger partial charge in [0.05, 0.1) is 17.6 Å². The monoisotopic (exact) mass is 333 g/mol. The van der Waals surface area contributed by atoms with E-state index in [1.165, 1.54) is 5.56 Å². The number of benzene rings is 1. The zero-order valence-corrected chi connectivity index (χ0v) is 15.6. The maximum absolute atomic E-state index is 11.3. The van der Waals surface area contributed by atoms with Gasteiger partial charge in [0.15, 0.2) is 0 Å². The average Bonchev–Trinajstić information content (AvgIpc) is 2.46. The summed E-state index contributed by atoms with van der Waals surface area (Å²) in [6.07, 6.45) is 1.62. The first-order valence-corrected chi connectivity index (χ1v) is 8.89. The van der Waals surface area contributed by atoms with Crippen molar-refractivity contribution in [2.24, 2.45) is 5.92 Å². The number of morpholine rings is 1. The lowest BCUT2D eigenvalue weighted by Gasteiger charge is -2.36. The highest BCUT2D eigenvalue weighted by Crippen LogP contribution is 2.24. The van der Waals surface area contributed by atoms with Crippen LogP contribution in [0.3, 0.4) is 0 Å². The molecule has 1 aliphatic heterocycles. The summed E-state index contributed by atoms with van der Waals surface area (Å²) in [5.41, 5.74) is 1.27. The zero-order chi connectivity index (χ0) is 17.9. The molecule has 3 atom stereocenters. The van der Waals surface area contributed by atoms with Crippen LogP contribution in [-0.2, 0) is 21.4 Å². The molecule has 0 saturated carbocycles. The average molecular weight is 333 g/mol. The quantitative estimate of drug-likeness (QED) is 0.867. The molecule has 0 bridgehead atoms. The predicted molar refractivity (Wildman–Crippen MR) is 96.4 cm³/mol. The molecule has 1 fully saturated rings. The van der Waals surface area contributed by atoms with E-state index in [0.29, 0.717) is 18.1 Å². The topological polar surface area (TPSA) is 49.8 Å². The third kappa shape index (κ3) is 4.81. The molecular weight excluding hydrogens is 302 g/mol. The fraction of sp³-hybridized carbons (Fsp3) is 0.650. The summed E-state index contributed by atoms with van der Waals surface area (Å²) in [6.45, 7) is 13.1. The predicted octanol–water partition coefficient (Wildman–Crippen LogP) is 3.34. The Labute approximate surface area is 145 Å². The number of rotatable bonds is 6. The van der Waals surface area contributed by atoms with Gasteiger partial charge < -0.3 is 9.84 Å². The molecule has 1 aromatic carbocycles. The molecule has 2 rings (SSSR count). The second-order valence-electron chi connectivity index (χ2n) is 7.91. The van der Waals surface area contributed by atoms with Crippen LogP contribution in [0.5, 0.6) is 0 Å². The molecular formula is C20H31NO3. The molecule has 0 radical (unpaired) electrons. The van der Waals surface area contributed by atoms with Crippen LogP contribution in [0.1, 0.15) is 45.7 Å². The minimum atomic E-state index is -0.843. The highest BCUT2D eigenvalue weighted by atomic mass is 16.5. The summed E-state index contributed by atoms with van der Waals surface area (Å²) >= 11 is 0. The summed E-state index contributed by atoms with van der Waals surface area (Å²) in [7, 11) is 0. The van der Waals surface area contributed by atoms with Gasteiger partial charge in [0.25, 0.3) is 0 Å². The van der Waals surface area contributed by atoms with Crippen molar-refractivity contribution in [1.82, 2.24) is 4.90 Å². The number of carboxylic acids is 1. The lowest BCUT2D eigenvalue weighted by atomic mass is 9.84. The Morgan fingerprint density at radius 1 is 1.25 bits per heavy atom. The summed E-state index contributed by atoms with van der Waals surface area (Å²) in [4.78, 5) is 13.8. The van der Waals surface area contributed by atoms with E-state index in [1.807, 2.05) is 12.1 Å². The van der Waals surface area contributed by atoms with E-state index in [9.17, 15) is 9.90 Å². The van der Waals surface area contributed by atoms with Gasteiger partial charge in [0.1, 0.15) is 0 Å². The van der Waals surface area contributed by atoms with Crippen LogP contribution >= 0.6 is 0 Å². The van der Waals surface area contributed by atoms with Gasteiger partial charge in [0, 0.05) is 19.6 Å². The summed E-state index contributed by atoms with van der Waals surface area (Å²) < 4.78 is 5.79. The van der Waals surface area contributed by atoms with E-state index in [2.05, 4.69) is 37.8 Å². The van der Waals surface area contributed by atoms with Gasteiger partial charge in [0.2, 0.25) is 0 Å². The van der Waals surface area contributed by atoms with Crippen LogP contribution in [0.4, 0.5) is 0 Å². The van der Waals surface area contributed by atoms with Gasteiger partial charge >= 0.3 is 5.97 Å². The van der Waals surface area contributed by atoms with Crippen LogP contribution in [0.15, 0.2) is 24.3 Å². The highest BCUT2D eigenvalue weighted by Gasteiger charge is 2.29. The minimum Gasteiger partial charge on any atom is -0.481 e. The van der Waals surface area contributed by atoms with Gasteiger partial charge in [-0.1, -0.05) is 31.2 Å². The Hall–Kier alpha value is -1.39. The number of carboxylic acid groups (broad SMARTS) is 1. The second-order valence-corrected chi connectivity index (χ2v) is 7.91. The largest absolute Gasteiger partial charge is 0.481 e. The number of ether oxygens (including phenoxy) is 1. The van der Waals surface area contributed by atoms with E-state index < -0.39 is 11.4 Å². The molecule has 0 unspecified atom stereocenters. The number of aliphatic carboxylic acids is 1. The Morgan fingerprint density at radius 3 is 2.29 bits per heavy atom. The number of nitrogens with zero attached hydrogens (tertiary/aromatic N) is 1. The van der Waals surface area contributed by atoms with E-state index in [0.717, 1.165) is 31.6 Å². The smallest absolute Gasteiger partial charge is 0.313 e. The third-order valence-electron chi connectivity index (χ3n) is 4.86. The van der Waals surface area contributed by atoms with Crippen LogP contribution in [0.25, 0.3) is 0 Å². The van der Waals surface area contributed by atoms with E-state index >= 15 is 0 Å². The Balaban J connectivity index is 1.92. The summed E-state index contributed by atoms with van der Waals surface area (Å²) in [5, 5.41) is 9.32. The Kier molecular flexibility index (Phi) is 6.05. The molecule has 0 aromatic heterocycles. The van der Waals surface area contributed by atoms with Gasteiger partial charge in [-0.25, -0.2) is 0 Å². The number of carbonyl (C=O) groups is 1. The van der Waals surface area contributed by atoms with Gasteiger partial charge in [-0.3, -0.25) is 9.69 Å². The first-order chi connectivity index (χ1) is 11.2. The normalized spacial score (nSPS) is 23.9. The van der Waals surface area contributed by atoms with Crippen molar-refractivity contribution in [1.29, 1.82) is 0 Å². The molecule has 0 aliphatic carbocycles. The van der Waals surface area contributed by atoms with Gasteiger partial charge in [-0.05, 0) is 51.2 Å². The minimum absolute atomic E-state index is 0.304. The van der Waals surface area contributed by atoms with Crippen LogP contribution in [0, 0.1) is 5.92 Å². The first-order valence-electron chi connectivity index (χ1n) is 8.89. The number of hydrogen-bond donors (Lipinski definition) is 1. The molecule has 0 amide bonds. The van der Waals surface area contributed by atoms with E-state index in [-0.39, 0.29) is 0 Å². The SMILES string of the molecule is C[C@H](Cc1ccc(C(C)(C)C(=O)O)cc1)CN1C[C@@H](C)O[C@@H](C)C1. The van der Waals surface area contributed by atoms with Crippen molar-refractivity contribution in [3.8, 4) is 0 Å². The molecule has 1 aliphatic rings. The molecule has 134 valence electrons. The van der Waals surface area contributed by atoms with E-state index in [4.69, 9.17) is 4.74 Å². The second kappa shape index (κ2) is 7.66. The van der Waals surface area contributed by atoms with Crippen molar-refractivity contribution >= 4 is 5.97 Å². The zero-order valence-electron chi connectivity index (χ0n) is 15.6. The fourth-order valence-electron chi connectivity index (χ4n) is 3.52. The fourth-order valence-corrected chi connectivity index (χ4v) is 3.52. The van der Waals surface area contributed by atoms with Crippen molar-refractivity contribution in [2.75, 3.05) is 19.6 Å². The maximum atomic E-state index is 11.3. The molecule has 0 spiro atoms. The molecule has 4 heteroatoms. The Bertz CT molecular complexity index is 543. The van der Waals surface area contributed by atoms with Crippen molar-refractivity contribution in [3.63, 3.8) is 0 Å². The molecule has 24 heavy (non-hydrogen) atoms. The van der Waals surface area contributed by atoms with Crippen molar-refractivity contribution in [2.45, 2.75) is 58.7 Å².